The molecule has 0 aliphatic rings. The largest absolute Gasteiger partial charge is 0.497 e. The Kier molecular flexibility index (Phi) is 6.02. The predicted molar refractivity (Wildman–Crippen MR) is 109 cm³/mol. The van der Waals surface area contributed by atoms with Crippen molar-refractivity contribution in [3.63, 3.8) is 0 Å². The van der Waals surface area contributed by atoms with Crippen molar-refractivity contribution < 1.29 is 19.1 Å². The van der Waals surface area contributed by atoms with Gasteiger partial charge in [0.2, 0.25) is 11.1 Å². The molecule has 0 radical (unpaired) electrons. The predicted octanol–water partition coefficient (Wildman–Crippen LogP) is 2.44. The molecule has 0 spiro atoms. The molecule has 29 heavy (non-hydrogen) atoms. The number of esters is 1. The van der Waals surface area contributed by atoms with E-state index >= 15 is 0 Å². The van der Waals surface area contributed by atoms with Gasteiger partial charge in [-0.1, -0.05) is 11.8 Å². The summed E-state index contributed by atoms with van der Waals surface area (Å²) < 4.78 is 11.6. The normalized spacial score (nSPS) is 10.8. The zero-order valence-electron chi connectivity index (χ0n) is 16.8. The van der Waals surface area contributed by atoms with Crippen LogP contribution in [0.2, 0.25) is 0 Å². The van der Waals surface area contributed by atoms with Gasteiger partial charge in [-0.3, -0.25) is 4.79 Å². The molecule has 3 aromatic rings. The second kappa shape index (κ2) is 8.48. The van der Waals surface area contributed by atoms with Gasteiger partial charge in [-0.05, 0) is 38.3 Å². The van der Waals surface area contributed by atoms with E-state index in [2.05, 4.69) is 20.4 Å². The number of fused-ring (bicyclic) bond motifs is 1. The SMILES string of the molecule is COC(=O)c1cc(OC)ccc1NC(=O)Cc1c(C)nc2nc(SC)nn2c1C. The number of aromatic nitrogens is 4. The van der Waals surface area contributed by atoms with Gasteiger partial charge < -0.3 is 14.8 Å². The van der Waals surface area contributed by atoms with Crippen molar-refractivity contribution in [2.24, 2.45) is 0 Å². The van der Waals surface area contributed by atoms with Crippen LogP contribution in [-0.2, 0) is 16.0 Å². The molecule has 0 saturated heterocycles. The van der Waals surface area contributed by atoms with Gasteiger partial charge in [0, 0.05) is 17.0 Å². The number of aryl methyl sites for hydroxylation is 2. The van der Waals surface area contributed by atoms with Gasteiger partial charge in [-0.25, -0.2) is 14.3 Å². The van der Waals surface area contributed by atoms with E-state index < -0.39 is 5.97 Å². The van der Waals surface area contributed by atoms with E-state index in [0.29, 0.717) is 28.1 Å². The molecule has 1 aromatic carbocycles. The number of amides is 1. The van der Waals surface area contributed by atoms with Crippen molar-refractivity contribution in [1.29, 1.82) is 0 Å². The van der Waals surface area contributed by atoms with Crippen LogP contribution in [0.5, 0.6) is 5.75 Å². The molecule has 0 saturated carbocycles. The number of methoxy groups -OCH3 is 2. The van der Waals surface area contributed by atoms with E-state index in [4.69, 9.17) is 9.47 Å². The number of anilines is 1. The number of carbonyl (C=O) groups excluding carboxylic acids is 2. The molecule has 2 heterocycles. The number of rotatable bonds is 6. The minimum atomic E-state index is -0.568. The van der Waals surface area contributed by atoms with Crippen LogP contribution in [-0.4, -0.2) is 51.9 Å². The Hall–Kier alpha value is -3.14. The molecule has 10 heteroatoms. The van der Waals surface area contributed by atoms with Gasteiger partial charge in [-0.15, -0.1) is 5.10 Å². The number of hydrogen-bond donors (Lipinski definition) is 1. The zero-order chi connectivity index (χ0) is 21.1. The second-order valence-electron chi connectivity index (χ2n) is 6.20. The molecule has 0 fully saturated rings. The van der Waals surface area contributed by atoms with Crippen LogP contribution in [0.3, 0.4) is 0 Å². The van der Waals surface area contributed by atoms with Gasteiger partial charge in [-0.2, -0.15) is 4.98 Å². The van der Waals surface area contributed by atoms with Crippen molar-refractivity contribution >= 4 is 35.1 Å². The highest BCUT2D eigenvalue weighted by Crippen LogP contribution is 2.24. The Morgan fingerprint density at radius 2 is 1.97 bits per heavy atom. The lowest BCUT2D eigenvalue weighted by Crippen LogP contribution is -2.19. The van der Waals surface area contributed by atoms with Gasteiger partial charge in [0.1, 0.15) is 5.75 Å². The highest BCUT2D eigenvalue weighted by atomic mass is 32.2. The van der Waals surface area contributed by atoms with Crippen LogP contribution < -0.4 is 10.1 Å². The van der Waals surface area contributed by atoms with Crippen LogP contribution in [0.25, 0.3) is 5.78 Å². The number of ether oxygens (including phenoxy) is 2. The molecular formula is C19H21N5O4S. The molecular weight excluding hydrogens is 394 g/mol. The summed E-state index contributed by atoms with van der Waals surface area (Å²) in [5, 5.41) is 7.78. The number of hydrogen-bond acceptors (Lipinski definition) is 8. The van der Waals surface area contributed by atoms with Crippen molar-refractivity contribution in [1.82, 2.24) is 19.6 Å². The Bertz CT molecular complexity index is 1100. The first-order chi connectivity index (χ1) is 13.9. The fraction of sp³-hybridized carbons (Fsp3) is 0.316. The maximum atomic E-state index is 12.7. The number of nitrogens with one attached hydrogen (secondary N) is 1. The summed E-state index contributed by atoms with van der Waals surface area (Å²) in [5.74, 6) is 0.122. The van der Waals surface area contributed by atoms with Crippen LogP contribution in [0.4, 0.5) is 5.69 Å². The van der Waals surface area contributed by atoms with E-state index in [1.807, 2.05) is 20.1 Å². The average Bonchev–Trinajstić information content (AvgIpc) is 3.14. The lowest BCUT2D eigenvalue weighted by atomic mass is 10.1. The fourth-order valence-electron chi connectivity index (χ4n) is 2.93. The van der Waals surface area contributed by atoms with Crippen molar-refractivity contribution in [3.8, 4) is 5.75 Å². The van der Waals surface area contributed by atoms with E-state index in [1.165, 1.54) is 32.0 Å². The molecule has 0 aliphatic heterocycles. The summed E-state index contributed by atoms with van der Waals surface area (Å²) in [6.45, 7) is 3.70. The van der Waals surface area contributed by atoms with Crippen molar-refractivity contribution in [2.75, 3.05) is 25.8 Å². The Balaban J connectivity index is 1.89. The molecule has 9 nitrogen and oxygen atoms in total. The van der Waals surface area contributed by atoms with E-state index in [-0.39, 0.29) is 17.9 Å². The average molecular weight is 415 g/mol. The molecule has 0 atom stereocenters. The first-order valence-corrected chi connectivity index (χ1v) is 9.93. The third kappa shape index (κ3) is 4.16. The van der Waals surface area contributed by atoms with Crippen LogP contribution in [0, 0.1) is 13.8 Å². The first kappa shape index (κ1) is 20.6. The van der Waals surface area contributed by atoms with Gasteiger partial charge >= 0.3 is 5.97 Å². The minimum absolute atomic E-state index is 0.0711. The molecule has 0 bridgehead atoms. The Labute approximate surface area is 171 Å². The maximum Gasteiger partial charge on any atom is 0.340 e. The molecule has 3 rings (SSSR count). The van der Waals surface area contributed by atoms with Gasteiger partial charge in [0.15, 0.2) is 0 Å². The second-order valence-corrected chi connectivity index (χ2v) is 6.97. The zero-order valence-corrected chi connectivity index (χ0v) is 17.6. The standard InChI is InChI=1S/C19H21N5O4S/c1-10-13(11(2)24-18(20-10)22-19(23-24)29-5)9-16(25)21-15-7-6-12(27-3)8-14(15)17(26)28-4/h6-8H,9H2,1-5H3,(H,21,25). The van der Waals surface area contributed by atoms with Gasteiger partial charge in [0.05, 0.1) is 31.9 Å². The summed E-state index contributed by atoms with van der Waals surface area (Å²) in [6.07, 6.45) is 1.96. The smallest absolute Gasteiger partial charge is 0.340 e. The topological polar surface area (TPSA) is 108 Å². The van der Waals surface area contributed by atoms with E-state index in [0.717, 1.165) is 11.3 Å². The summed E-state index contributed by atoms with van der Waals surface area (Å²) in [6, 6.07) is 4.78. The van der Waals surface area contributed by atoms with Crippen LogP contribution >= 0.6 is 11.8 Å². The molecule has 152 valence electrons. The third-order valence-corrected chi connectivity index (χ3v) is 4.99. The van der Waals surface area contributed by atoms with Crippen LogP contribution in [0.15, 0.2) is 23.4 Å². The highest BCUT2D eigenvalue weighted by molar-refractivity contribution is 7.98. The lowest BCUT2D eigenvalue weighted by molar-refractivity contribution is -0.115. The minimum Gasteiger partial charge on any atom is -0.497 e. The molecule has 0 unspecified atom stereocenters. The quantitative estimate of drug-likeness (QED) is 0.483. The Morgan fingerprint density at radius 3 is 2.62 bits per heavy atom. The number of nitrogens with zero attached hydrogens (tertiary/aromatic N) is 4. The van der Waals surface area contributed by atoms with Crippen LogP contribution in [0.1, 0.15) is 27.3 Å². The van der Waals surface area contributed by atoms with Gasteiger partial charge in [0.25, 0.3) is 5.78 Å². The highest BCUT2D eigenvalue weighted by Gasteiger charge is 2.19. The summed E-state index contributed by atoms with van der Waals surface area (Å²) in [7, 11) is 2.78. The van der Waals surface area contributed by atoms with E-state index in [1.54, 1.807) is 16.6 Å². The first-order valence-electron chi connectivity index (χ1n) is 8.71. The number of carbonyl (C=O) groups is 2. The Morgan fingerprint density at radius 1 is 1.21 bits per heavy atom. The lowest BCUT2D eigenvalue weighted by Gasteiger charge is -2.13. The third-order valence-electron chi connectivity index (χ3n) is 4.46. The molecule has 0 aliphatic carbocycles. The molecule has 2 aromatic heterocycles. The summed E-state index contributed by atoms with van der Waals surface area (Å²) in [4.78, 5) is 33.6. The number of benzene rings is 1. The molecule has 1 N–H and O–H groups in total. The maximum absolute atomic E-state index is 12.7. The summed E-state index contributed by atoms with van der Waals surface area (Å²) >= 11 is 1.42. The fourth-order valence-corrected chi connectivity index (χ4v) is 3.26. The van der Waals surface area contributed by atoms with E-state index in [9.17, 15) is 9.59 Å². The van der Waals surface area contributed by atoms with Crippen molar-refractivity contribution in [3.05, 3.63) is 40.7 Å². The van der Waals surface area contributed by atoms with Crippen molar-refractivity contribution in [2.45, 2.75) is 25.4 Å². The monoisotopic (exact) mass is 415 g/mol. The molecule has 1 amide bonds. The number of thioether (sulfide) groups is 1. The summed E-state index contributed by atoms with van der Waals surface area (Å²) in [5.41, 5.74) is 2.80.